The third-order valence-corrected chi connectivity index (χ3v) is 6.58. The molecule has 1 aromatic heterocycles. The molecule has 35 heavy (non-hydrogen) atoms. The third-order valence-electron chi connectivity index (χ3n) is 5.72. The van der Waals surface area contributed by atoms with Gasteiger partial charge in [-0.2, -0.15) is 0 Å². The Bertz CT molecular complexity index is 1130. The van der Waals surface area contributed by atoms with Gasteiger partial charge < -0.3 is 24.6 Å². The highest BCUT2D eigenvalue weighted by Crippen LogP contribution is 2.30. The van der Waals surface area contributed by atoms with E-state index in [4.69, 9.17) is 9.47 Å². The maximum Gasteiger partial charge on any atom is 0.322 e. The summed E-state index contributed by atoms with van der Waals surface area (Å²) in [5, 5.41) is 4.84. The van der Waals surface area contributed by atoms with E-state index < -0.39 is 0 Å². The average molecular weight is 498 g/mol. The number of methoxy groups -OCH3 is 2. The van der Waals surface area contributed by atoms with Crippen molar-refractivity contribution in [2.75, 3.05) is 26.1 Å². The van der Waals surface area contributed by atoms with Crippen LogP contribution >= 0.6 is 11.3 Å². The molecule has 1 heterocycles. The molecular weight excluding hydrogens is 469 g/mol. The maximum atomic E-state index is 13.4. The molecule has 0 radical (unpaired) electrons. The number of hydrogen-bond donors (Lipinski definition) is 1. The third kappa shape index (κ3) is 6.73. The van der Waals surface area contributed by atoms with Crippen LogP contribution in [-0.2, 0) is 17.9 Å². The molecule has 1 aliphatic carbocycles. The SMILES string of the molecule is COc1cc(NC(=O)N(CC(=O)N(Cc2ccc(F)cc2)Cc2cccs2)C2CC2)cc(OC)c1. The molecule has 3 amide bonds. The minimum Gasteiger partial charge on any atom is -0.497 e. The second kappa shape index (κ2) is 11.2. The van der Waals surface area contributed by atoms with Gasteiger partial charge in [0.05, 0.1) is 20.8 Å². The molecule has 1 saturated carbocycles. The first kappa shape index (κ1) is 24.5. The summed E-state index contributed by atoms with van der Waals surface area (Å²) >= 11 is 1.56. The summed E-state index contributed by atoms with van der Waals surface area (Å²) < 4.78 is 23.9. The van der Waals surface area contributed by atoms with E-state index in [0.29, 0.717) is 30.3 Å². The summed E-state index contributed by atoms with van der Waals surface area (Å²) in [6.45, 7) is 0.690. The van der Waals surface area contributed by atoms with Crippen LogP contribution in [0.3, 0.4) is 0 Å². The highest BCUT2D eigenvalue weighted by molar-refractivity contribution is 7.09. The van der Waals surface area contributed by atoms with Gasteiger partial charge in [-0.15, -0.1) is 11.3 Å². The van der Waals surface area contributed by atoms with E-state index in [1.165, 1.54) is 12.1 Å². The van der Waals surface area contributed by atoms with Gasteiger partial charge in [0.2, 0.25) is 5.91 Å². The van der Waals surface area contributed by atoms with Crippen molar-refractivity contribution in [1.82, 2.24) is 9.80 Å². The Labute approximate surface area is 208 Å². The van der Waals surface area contributed by atoms with Gasteiger partial charge in [0.1, 0.15) is 23.9 Å². The molecule has 7 nitrogen and oxygen atoms in total. The van der Waals surface area contributed by atoms with Crippen LogP contribution in [-0.4, -0.2) is 48.5 Å². The summed E-state index contributed by atoms with van der Waals surface area (Å²) in [5.74, 6) is 0.605. The number of nitrogens with zero attached hydrogens (tertiary/aromatic N) is 2. The fourth-order valence-corrected chi connectivity index (χ4v) is 4.43. The Balaban J connectivity index is 1.49. The Kier molecular flexibility index (Phi) is 7.87. The van der Waals surface area contributed by atoms with E-state index in [1.54, 1.807) is 65.7 Å². The number of thiophene rings is 1. The lowest BCUT2D eigenvalue weighted by Crippen LogP contribution is -2.45. The van der Waals surface area contributed by atoms with Crippen molar-refractivity contribution in [2.24, 2.45) is 0 Å². The molecule has 3 aromatic rings. The van der Waals surface area contributed by atoms with Crippen LogP contribution in [0.15, 0.2) is 60.0 Å². The number of carbonyl (C=O) groups is 2. The molecule has 0 unspecified atom stereocenters. The van der Waals surface area contributed by atoms with E-state index in [0.717, 1.165) is 23.3 Å². The molecule has 0 saturated heterocycles. The van der Waals surface area contributed by atoms with Gasteiger partial charge in [-0.25, -0.2) is 9.18 Å². The average Bonchev–Trinajstić information content (AvgIpc) is 3.57. The van der Waals surface area contributed by atoms with Gasteiger partial charge in [-0.3, -0.25) is 4.79 Å². The lowest BCUT2D eigenvalue weighted by molar-refractivity contribution is -0.133. The predicted molar refractivity (Wildman–Crippen MR) is 133 cm³/mol. The molecule has 1 N–H and O–H groups in total. The van der Waals surface area contributed by atoms with Crippen LogP contribution in [0.4, 0.5) is 14.9 Å². The van der Waals surface area contributed by atoms with Crippen molar-refractivity contribution >= 4 is 29.0 Å². The number of carbonyl (C=O) groups excluding carboxylic acids is 2. The minimum absolute atomic E-state index is 0.0147. The number of ether oxygens (including phenoxy) is 2. The molecule has 1 aliphatic rings. The highest BCUT2D eigenvalue weighted by Gasteiger charge is 2.35. The quantitative estimate of drug-likeness (QED) is 0.422. The van der Waals surface area contributed by atoms with E-state index in [9.17, 15) is 14.0 Å². The molecule has 0 atom stereocenters. The lowest BCUT2D eigenvalue weighted by Gasteiger charge is -2.28. The fraction of sp³-hybridized carbons (Fsp3) is 0.308. The number of nitrogens with one attached hydrogen (secondary N) is 1. The topological polar surface area (TPSA) is 71.1 Å². The number of urea groups is 1. The molecular formula is C26H28FN3O4S. The summed E-state index contributed by atoms with van der Waals surface area (Å²) in [4.78, 5) is 30.9. The summed E-state index contributed by atoms with van der Waals surface area (Å²) in [6, 6.07) is 14.8. The highest BCUT2D eigenvalue weighted by atomic mass is 32.1. The Hall–Kier alpha value is -3.59. The van der Waals surface area contributed by atoms with Gasteiger partial charge in [0.25, 0.3) is 0 Å². The Morgan fingerprint density at radius 1 is 1.03 bits per heavy atom. The van der Waals surface area contributed by atoms with Gasteiger partial charge >= 0.3 is 6.03 Å². The molecule has 9 heteroatoms. The largest absolute Gasteiger partial charge is 0.497 e. The van der Waals surface area contributed by atoms with Crippen LogP contribution in [0.1, 0.15) is 23.3 Å². The van der Waals surface area contributed by atoms with Crippen LogP contribution in [0.5, 0.6) is 11.5 Å². The van der Waals surface area contributed by atoms with Crippen LogP contribution in [0.25, 0.3) is 0 Å². The zero-order chi connectivity index (χ0) is 24.8. The fourth-order valence-electron chi connectivity index (χ4n) is 3.71. The van der Waals surface area contributed by atoms with Crippen LogP contribution < -0.4 is 14.8 Å². The second-order valence-electron chi connectivity index (χ2n) is 8.35. The maximum absolute atomic E-state index is 13.4. The normalized spacial score (nSPS) is 12.7. The van der Waals surface area contributed by atoms with E-state index in [2.05, 4.69) is 5.32 Å². The first-order valence-electron chi connectivity index (χ1n) is 11.3. The predicted octanol–water partition coefficient (Wildman–Crippen LogP) is 5.13. The number of benzene rings is 2. The summed E-state index contributed by atoms with van der Waals surface area (Å²) in [6.07, 6.45) is 1.70. The number of rotatable bonds is 10. The molecule has 2 aromatic carbocycles. The van der Waals surface area contributed by atoms with Gasteiger partial charge in [0.15, 0.2) is 0 Å². The lowest BCUT2D eigenvalue weighted by atomic mass is 10.2. The zero-order valence-corrected chi connectivity index (χ0v) is 20.5. The molecule has 0 spiro atoms. The van der Waals surface area contributed by atoms with Gasteiger partial charge in [-0.05, 0) is 42.0 Å². The van der Waals surface area contributed by atoms with Gasteiger partial charge in [-0.1, -0.05) is 18.2 Å². The van der Waals surface area contributed by atoms with Crippen molar-refractivity contribution in [1.29, 1.82) is 0 Å². The van der Waals surface area contributed by atoms with E-state index in [1.807, 2.05) is 17.5 Å². The number of amides is 3. The van der Waals surface area contributed by atoms with Gasteiger partial charge in [0, 0.05) is 41.4 Å². The van der Waals surface area contributed by atoms with Crippen molar-refractivity contribution < 1.29 is 23.5 Å². The molecule has 184 valence electrons. The van der Waals surface area contributed by atoms with Crippen molar-refractivity contribution in [3.63, 3.8) is 0 Å². The smallest absolute Gasteiger partial charge is 0.322 e. The standard InChI is InChI=1S/C26H28FN3O4S/c1-33-22-12-20(13-23(14-22)34-2)28-26(32)30(21-9-10-21)17-25(31)29(16-24-4-3-11-35-24)15-18-5-7-19(27)8-6-18/h3-8,11-14,21H,9-10,15-17H2,1-2H3,(H,28,32). The van der Waals surface area contributed by atoms with Crippen molar-refractivity contribution in [3.8, 4) is 11.5 Å². The second-order valence-corrected chi connectivity index (χ2v) is 9.38. The van der Waals surface area contributed by atoms with Crippen LogP contribution in [0, 0.1) is 5.82 Å². The first-order valence-corrected chi connectivity index (χ1v) is 12.2. The number of halogens is 1. The number of anilines is 1. The summed E-state index contributed by atoms with van der Waals surface area (Å²) in [5.41, 5.74) is 1.34. The zero-order valence-electron chi connectivity index (χ0n) is 19.7. The Morgan fingerprint density at radius 2 is 1.71 bits per heavy atom. The first-order chi connectivity index (χ1) is 16.9. The number of hydrogen-bond acceptors (Lipinski definition) is 5. The molecule has 1 fully saturated rings. The van der Waals surface area contributed by atoms with E-state index >= 15 is 0 Å². The summed E-state index contributed by atoms with van der Waals surface area (Å²) in [7, 11) is 3.08. The monoisotopic (exact) mass is 497 g/mol. The minimum atomic E-state index is -0.353. The van der Waals surface area contributed by atoms with Crippen molar-refractivity contribution in [2.45, 2.75) is 32.0 Å². The molecule has 0 bridgehead atoms. The van der Waals surface area contributed by atoms with Crippen LogP contribution in [0.2, 0.25) is 0 Å². The molecule has 4 rings (SSSR count). The molecule has 0 aliphatic heterocycles. The van der Waals surface area contributed by atoms with Crippen molar-refractivity contribution in [3.05, 3.63) is 76.2 Å². The van der Waals surface area contributed by atoms with E-state index in [-0.39, 0.29) is 30.3 Å². The Morgan fingerprint density at radius 3 is 2.29 bits per heavy atom.